The van der Waals surface area contributed by atoms with Crippen molar-refractivity contribution in [2.45, 2.75) is 48.7 Å². The number of alkyl halides is 3. The lowest BCUT2D eigenvalue weighted by Gasteiger charge is -2.22. The molecule has 0 spiro atoms. The Balaban J connectivity index is 1.32. The van der Waals surface area contributed by atoms with Crippen LogP contribution in [0.5, 0.6) is 6.01 Å². The van der Waals surface area contributed by atoms with Crippen molar-refractivity contribution in [3.05, 3.63) is 58.1 Å². The van der Waals surface area contributed by atoms with Crippen LogP contribution in [-0.2, 0) is 27.5 Å². The first-order chi connectivity index (χ1) is 20.0. The molecular weight excluding hydrogens is 615 g/mol. The summed E-state index contributed by atoms with van der Waals surface area (Å²) >= 11 is 6.86. The molecule has 0 aliphatic carbocycles. The van der Waals surface area contributed by atoms with Crippen LogP contribution in [0, 0.1) is 0 Å². The highest BCUT2D eigenvalue weighted by Crippen LogP contribution is 2.33. The summed E-state index contributed by atoms with van der Waals surface area (Å²) in [7, 11) is -3.90. The smallest absolute Gasteiger partial charge is 0.416 e. The first kappa shape index (κ1) is 30.7. The van der Waals surface area contributed by atoms with Crippen molar-refractivity contribution in [2.24, 2.45) is 0 Å². The number of ether oxygens (including phenoxy) is 1. The molecule has 2 aliphatic heterocycles. The number of halogens is 4. The van der Waals surface area contributed by atoms with E-state index < -0.39 is 33.7 Å². The number of amides is 1. The topological polar surface area (TPSA) is 105 Å². The molecule has 226 valence electrons. The lowest BCUT2D eigenvalue weighted by Crippen LogP contribution is -2.45. The van der Waals surface area contributed by atoms with Crippen molar-refractivity contribution in [2.75, 3.05) is 32.8 Å². The summed E-state index contributed by atoms with van der Waals surface area (Å²) in [6, 6.07) is 8.21. The molecule has 0 saturated carbocycles. The zero-order valence-corrected chi connectivity index (χ0v) is 24.8. The Bertz CT molecular complexity index is 1510. The van der Waals surface area contributed by atoms with Gasteiger partial charge in [-0.3, -0.25) is 9.69 Å². The quantitative estimate of drug-likeness (QED) is 0.338. The van der Waals surface area contributed by atoms with Gasteiger partial charge >= 0.3 is 12.2 Å². The number of nitrogens with zero attached hydrogens (tertiary/aromatic N) is 4. The Morgan fingerprint density at radius 3 is 2.48 bits per heavy atom. The number of nitrogens with one attached hydrogen (secondary N) is 1. The van der Waals surface area contributed by atoms with Gasteiger partial charge in [0.15, 0.2) is 0 Å². The van der Waals surface area contributed by atoms with Crippen molar-refractivity contribution < 1.29 is 31.1 Å². The normalized spacial score (nSPS) is 18.4. The van der Waals surface area contributed by atoms with Crippen LogP contribution in [0.3, 0.4) is 0 Å². The molecule has 2 aromatic heterocycles. The number of hydrogen-bond donors (Lipinski definition) is 1. The molecule has 1 unspecified atom stereocenters. The van der Waals surface area contributed by atoms with E-state index in [-0.39, 0.29) is 23.3 Å². The van der Waals surface area contributed by atoms with E-state index in [4.69, 9.17) is 16.3 Å². The van der Waals surface area contributed by atoms with Crippen molar-refractivity contribution >= 4 is 38.9 Å². The summed E-state index contributed by atoms with van der Waals surface area (Å²) in [6.45, 7) is 3.12. The maximum Gasteiger partial charge on any atom is 0.416 e. The monoisotopic (exact) mass is 643 g/mol. The maximum atomic E-state index is 13.2. The van der Waals surface area contributed by atoms with Crippen LogP contribution in [0.2, 0.25) is 4.34 Å². The molecule has 2 aliphatic rings. The molecule has 3 aromatic rings. The zero-order valence-electron chi connectivity index (χ0n) is 22.4. The Hall–Kier alpha value is -2.78. The lowest BCUT2D eigenvalue weighted by atomic mass is 10.1. The first-order valence-electron chi connectivity index (χ1n) is 13.5. The molecule has 15 heteroatoms. The fraction of sp³-hybridized carbons (Fsp3) is 0.444. The second kappa shape index (κ2) is 12.8. The average Bonchev–Trinajstić information content (AvgIpc) is 3.74. The van der Waals surface area contributed by atoms with Gasteiger partial charge in [0.25, 0.3) is 10.0 Å². The summed E-state index contributed by atoms with van der Waals surface area (Å²) in [5.41, 5.74) is 0.335. The van der Waals surface area contributed by atoms with Gasteiger partial charge in [-0.2, -0.15) is 27.4 Å². The van der Waals surface area contributed by atoms with E-state index in [0.29, 0.717) is 47.3 Å². The van der Waals surface area contributed by atoms with Crippen LogP contribution in [0.15, 0.2) is 46.7 Å². The van der Waals surface area contributed by atoms with Crippen molar-refractivity contribution in [1.82, 2.24) is 24.5 Å². The van der Waals surface area contributed by atoms with Crippen LogP contribution in [0.1, 0.15) is 36.9 Å². The number of benzene rings is 1. The Morgan fingerprint density at radius 1 is 1.07 bits per heavy atom. The van der Waals surface area contributed by atoms with E-state index in [1.807, 2.05) is 0 Å². The average molecular weight is 644 g/mol. The summed E-state index contributed by atoms with van der Waals surface area (Å²) in [5.74, 6) is -0.482. The van der Waals surface area contributed by atoms with Crippen LogP contribution in [-0.4, -0.2) is 72.3 Å². The van der Waals surface area contributed by atoms with Gasteiger partial charge in [-0.25, -0.2) is 8.42 Å². The highest BCUT2D eigenvalue weighted by atomic mass is 35.5. The number of thiophene rings is 1. The Labute approximate surface area is 250 Å². The summed E-state index contributed by atoms with van der Waals surface area (Å²) in [4.78, 5) is 24.2. The fourth-order valence-corrected chi connectivity index (χ4v) is 8.28. The van der Waals surface area contributed by atoms with Gasteiger partial charge in [-0.15, -0.1) is 11.3 Å². The third kappa shape index (κ3) is 7.22. The minimum absolute atomic E-state index is 0.0375. The number of hydrogen-bond acceptors (Lipinski definition) is 8. The minimum Gasteiger partial charge on any atom is -0.462 e. The highest BCUT2D eigenvalue weighted by Gasteiger charge is 2.40. The van der Waals surface area contributed by atoms with Crippen LogP contribution in [0.4, 0.5) is 13.2 Å². The molecule has 5 rings (SSSR count). The van der Waals surface area contributed by atoms with Crippen molar-refractivity contribution in [1.29, 1.82) is 0 Å². The van der Waals surface area contributed by atoms with E-state index >= 15 is 0 Å². The van der Waals surface area contributed by atoms with E-state index in [9.17, 15) is 26.4 Å². The molecule has 4 heterocycles. The maximum absolute atomic E-state index is 13.2. The SMILES string of the molecule is O=C(NCc1cc(-c2ccc(C(F)(F)F)cc2)nc(OCCN2CCCC2)n1)C1CCCN1S(=O)(=O)c1ccc(Cl)s1. The van der Waals surface area contributed by atoms with Crippen molar-refractivity contribution in [3.63, 3.8) is 0 Å². The standard InChI is InChI=1S/C27H29ClF3N5O4S2/c28-23-9-10-24(41-23)42(38,39)36-13-3-4-22(36)25(37)32-17-20-16-21(18-5-7-19(8-6-18)27(29,30)31)34-26(33-20)40-15-14-35-11-1-2-12-35/h5-10,16,22H,1-4,11-15,17H2,(H,32,37). The molecule has 2 saturated heterocycles. The van der Waals surface area contributed by atoms with E-state index in [0.717, 1.165) is 49.4 Å². The molecule has 1 aromatic carbocycles. The number of carbonyl (C=O) groups excluding carboxylic acids is 1. The molecule has 0 radical (unpaired) electrons. The molecule has 9 nitrogen and oxygen atoms in total. The van der Waals surface area contributed by atoms with Gasteiger partial charge < -0.3 is 10.1 Å². The molecule has 1 N–H and O–H groups in total. The predicted octanol–water partition coefficient (Wildman–Crippen LogP) is 4.82. The molecule has 1 amide bonds. The Morgan fingerprint density at radius 2 is 1.81 bits per heavy atom. The molecule has 1 atom stereocenters. The van der Waals surface area contributed by atoms with Crippen LogP contribution < -0.4 is 10.1 Å². The molecule has 2 fully saturated rings. The van der Waals surface area contributed by atoms with Gasteiger partial charge in [0, 0.05) is 18.7 Å². The van der Waals surface area contributed by atoms with E-state index in [1.165, 1.54) is 28.6 Å². The minimum atomic E-state index is -4.47. The highest BCUT2D eigenvalue weighted by molar-refractivity contribution is 7.91. The molecule has 42 heavy (non-hydrogen) atoms. The zero-order chi connectivity index (χ0) is 29.9. The van der Waals surface area contributed by atoms with Crippen LogP contribution in [0.25, 0.3) is 11.3 Å². The predicted molar refractivity (Wildman–Crippen MR) is 152 cm³/mol. The number of aromatic nitrogens is 2. The number of sulfonamides is 1. The largest absolute Gasteiger partial charge is 0.462 e. The lowest BCUT2D eigenvalue weighted by molar-refractivity contribution is -0.137. The summed E-state index contributed by atoms with van der Waals surface area (Å²) < 4.78 is 73.0. The first-order valence-corrected chi connectivity index (χ1v) is 16.1. The molecular formula is C27H29ClF3N5O4S2. The summed E-state index contributed by atoms with van der Waals surface area (Å²) in [5, 5.41) is 2.76. The third-order valence-corrected chi connectivity index (χ3v) is 10.8. The van der Waals surface area contributed by atoms with E-state index in [2.05, 4.69) is 20.2 Å². The summed E-state index contributed by atoms with van der Waals surface area (Å²) in [6.07, 6.45) is -1.33. The second-order valence-corrected chi connectivity index (χ2v) is 13.9. The van der Waals surface area contributed by atoms with Gasteiger partial charge in [0.2, 0.25) is 5.91 Å². The van der Waals surface area contributed by atoms with Gasteiger partial charge in [-0.05, 0) is 69.1 Å². The van der Waals surface area contributed by atoms with Gasteiger partial charge in [0.1, 0.15) is 16.9 Å². The number of likely N-dealkylation sites (tertiary alicyclic amines) is 1. The second-order valence-electron chi connectivity index (χ2n) is 10.0. The number of carbonyl (C=O) groups is 1. The number of rotatable bonds is 10. The Kier molecular flexibility index (Phi) is 9.38. The van der Waals surface area contributed by atoms with Gasteiger partial charge in [0.05, 0.1) is 27.8 Å². The van der Waals surface area contributed by atoms with Crippen molar-refractivity contribution in [3.8, 4) is 17.3 Å². The third-order valence-electron chi connectivity index (χ3n) is 7.17. The fourth-order valence-electron chi connectivity index (χ4n) is 5.02. The van der Waals surface area contributed by atoms with Crippen LogP contribution >= 0.6 is 22.9 Å². The van der Waals surface area contributed by atoms with E-state index in [1.54, 1.807) is 6.07 Å². The van der Waals surface area contributed by atoms with Gasteiger partial charge in [-0.1, -0.05) is 23.7 Å². The molecule has 0 bridgehead atoms.